The summed E-state index contributed by atoms with van der Waals surface area (Å²) in [5.41, 5.74) is 2.93. The van der Waals surface area contributed by atoms with Gasteiger partial charge in [0.2, 0.25) is 0 Å². The van der Waals surface area contributed by atoms with Crippen LogP contribution in [-0.2, 0) is 13.6 Å². The Hall–Kier alpha value is -1.52. The molecule has 0 fully saturated rings. The fraction of sp³-hybridized carbons (Fsp3) is 0.188. The highest BCUT2D eigenvalue weighted by Gasteiger charge is 2.11. The van der Waals surface area contributed by atoms with Crippen LogP contribution in [0.25, 0.3) is 10.8 Å². The Morgan fingerprint density at radius 1 is 1.19 bits per heavy atom. The zero-order valence-electron chi connectivity index (χ0n) is 11.8. The van der Waals surface area contributed by atoms with E-state index in [1.54, 1.807) is 0 Å². The summed E-state index contributed by atoms with van der Waals surface area (Å²) in [4.78, 5) is 0. The maximum Gasteiger partial charge on any atom is 0.0865 e. The van der Waals surface area contributed by atoms with E-state index in [1.807, 2.05) is 30.8 Å². The van der Waals surface area contributed by atoms with Crippen LogP contribution in [0.4, 0.5) is 5.69 Å². The molecule has 0 aliphatic heterocycles. The summed E-state index contributed by atoms with van der Waals surface area (Å²) in [6.07, 6.45) is 0. The van der Waals surface area contributed by atoms with Gasteiger partial charge < -0.3 is 5.32 Å². The molecule has 1 N–H and O–H groups in total. The minimum Gasteiger partial charge on any atom is -0.379 e. The van der Waals surface area contributed by atoms with Gasteiger partial charge in [0.25, 0.3) is 0 Å². The molecule has 0 atom stereocenters. The van der Waals surface area contributed by atoms with Crippen molar-refractivity contribution in [2.75, 3.05) is 5.32 Å². The van der Waals surface area contributed by atoms with Gasteiger partial charge in [-0.3, -0.25) is 4.68 Å². The number of aromatic nitrogens is 2. The van der Waals surface area contributed by atoms with Gasteiger partial charge in [0, 0.05) is 22.6 Å². The summed E-state index contributed by atoms with van der Waals surface area (Å²) in [7, 11) is 1.91. The molecule has 0 unspecified atom stereocenters. The Morgan fingerprint density at radius 3 is 2.57 bits per heavy atom. The SMILES string of the molecule is Cc1nn(C)c(CNc2ccc(Br)c3ccccc23)c1Cl. The summed E-state index contributed by atoms with van der Waals surface area (Å²) in [6, 6.07) is 12.4. The molecule has 21 heavy (non-hydrogen) atoms. The molecule has 108 valence electrons. The second kappa shape index (κ2) is 5.70. The van der Waals surface area contributed by atoms with Crippen molar-refractivity contribution < 1.29 is 0 Å². The first-order valence-corrected chi connectivity index (χ1v) is 7.84. The maximum atomic E-state index is 6.29. The standard InChI is InChI=1S/C16H15BrClN3/c1-10-16(18)15(21(2)20-10)9-19-14-8-7-13(17)11-5-3-4-6-12(11)14/h3-8,19H,9H2,1-2H3. The average Bonchev–Trinajstić information content (AvgIpc) is 2.72. The first-order valence-electron chi connectivity index (χ1n) is 6.67. The third-order valence-electron chi connectivity index (χ3n) is 3.58. The van der Waals surface area contributed by atoms with Crippen LogP contribution in [0.1, 0.15) is 11.4 Å². The monoisotopic (exact) mass is 363 g/mol. The highest BCUT2D eigenvalue weighted by Crippen LogP contribution is 2.30. The second-order valence-corrected chi connectivity index (χ2v) is 6.20. The number of fused-ring (bicyclic) bond motifs is 1. The topological polar surface area (TPSA) is 29.9 Å². The molecule has 5 heteroatoms. The lowest BCUT2D eigenvalue weighted by Crippen LogP contribution is -2.06. The van der Waals surface area contributed by atoms with Crippen LogP contribution in [0.2, 0.25) is 5.02 Å². The van der Waals surface area contributed by atoms with Gasteiger partial charge >= 0.3 is 0 Å². The van der Waals surface area contributed by atoms with Crippen molar-refractivity contribution in [3.63, 3.8) is 0 Å². The van der Waals surface area contributed by atoms with Crippen molar-refractivity contribution in [2.45, 2.75) is 13.5 Å². The highest BCUT2D eigenvalue weighted by molar-refractivity contribution is 9.10. The Labute approximate surface area is 137 Å². The molecule has 1 aromatic heterocycles. The maximum absolute atomic E-state index is 6.29. The summed E-state index contributed by atoms with van der Waals surface area (Å²) < 4.78 is 2.92. The summed E-state index contributed by atoms with van der Waals surface area (Å²) in [5.74, 6) is 0. The van der Waals surface area contributed by atoms with Gasteiger partial charge in [-0.1, -0.05) is 51.8 Å². The fourth-order valence-corrected chi connectivity index (χ4v) is 3.17. The van der Waals surface area contributed by atoms with E-state index < -0.39 is 0 Å². The van der Waals surface area contributed by atoms with Crippen LogP contribution in [-0.4, -0.2) is 9.78 Å². The summed E-state index contributed by atoms with van der Waals surface area (Å²) in [5, 5.41) is 10.9. The van der Waals surface area contributed by atoms with E-state index >= 15 is 0 Å². The van der Waals surface area contributed by atoms with Gasteiger partial charge in [0.05, 0.1) is 23.0 Å². The number of aryl methyl sites for hydroxylation is 2. The van der Waals surface area contributed by atoms with Gasteiger partial charge in [0.1, 0.15) is 0 Å². The Balaban J connectivity index is 1.94. The molecule has 1 heterocycles. The zero-order chi connectivity index (χ0) is 15.0. The van der Waals surface area contributed by atoms with Crippen molar-refractivity contribution in [2.24, 2.45) is 7.05 Å². The fourth-order valence-electron chi connectivity index (χ4n) is 2.47. The number of nitrogens with zero attached hydrogens (tertiary/aromatic N) is 2. The average molecular weight is 365 g/mol. The number of nitrogens with one attached hydrogen (secondary N) is 1. The lowest BCUT2D eigenvalue weighted by atomic mass is 10.1. The van der Waals surface area contributed by atoms with Crippen molar-refractivity contribution >= 4 is 44.0 Å². The van der Waals surface area contributed by atoms with E-state index in [1.165, 1.54) is 10.8 Å². The Bertz CT molecular complexity index is 811. The lowest BCUT2D eigenvalue weighted by Gasteiger charge is -2.11. The van der Waals surface area contributed by atoms with Gasteiger partial charge in [-0.05, 0) is 24.4 Å². The highest BCUT2D eigenvalue weighted by atomic mass is 79.9. The van der Waals surface area contributed by atoms with Crippen molar-refractivity contribution in [1.82, 2.24) is 9.78 Å². The molecular formula is C16H15BrClN3. The molecule has 0 amide bonds. The molecule has 3 nitrogen and oxygen atoms in total. The molecular weight excluding hydrogens is 350 g/mol. The number of halogens is 2. The predicted molar refractivity (Wildman–Crippen MR) is 91.9 cm³/mol. The van der Waals surface area contributed by atoms with Crippen LogP contribution in [0, 0.1) is 6.92 Å². The zero-order valence-corrected chi connectivity index (χ0v) is 14.2. The normalized spacial score (nSPS) is 11.0. The lowest BCUT2D eigenvalue weighted by molar-refractivity contribution is 0.713. The van der Waals surface area contributed by atoms with Crippen LogP contribution in [0.3, 0.4) is 0 Å². The first-order chi connectivity index (χ1) is 10.1. The molecule has 3 aromatic rings. The molecule has 0 radical (unpaired) electrons. The summed E-state index contributed by atoms with van der Waals surface area (Å²) in [6.45, 7) is 2.56. The van der Waals surface area contributed by atoms with Crippen molar-refractivity contribution in [3.8, 4) is 0 Å². The van der Waals surface area contributed by atoms with Crippen LogP contribution >= 0.6 is 27.5 Å². The Kier molecular flexibility index (Phi) is 3.91. The molecule has 0 saturated carbocycles. The molecule has 0 aliphatic rings. The van der Waals surface area contributed by atoms with E-state index in [0.29, 0.717) is 6.54 Å². The minimum absolute atomic E-state index is 0.641. The molecule has 0 spiro atoms. The van der Waals surface area contributed by atoms with Crippen LogP contribution < -0.4 is 5.32 Å². The van der Waals surface area contributed by atoms with E-state index in [4.69, 9.17) is 11.6 Å². The van der Waals surface area contributed by atoms with Gasteiger partial charge in [-0.2, -0.15) is 5.10 Å². The van der Waals surface area contributed by atoms with E-state index in [-0.39, 0.29) is 0 Å². The number of hydrogen-bond donors (Lipinski definition) is 1. The number of anilines is 1. The number of benzene rings is 2. The minimum atomic E-state index is 0.641. The molecule has 0 aliphatic carbocycles. The van der Waals surface area contributed by atoms with Gasteiger partial charge in [-0.25, -0.2) is 0 Å². The molecule has 2 aromatic carbocycles. The molecule has 0 bridgehead atoms. The molecule has 0 saturated heterocycles. The molecule has 3 rings (SSSR count). The van der Waals surface area contributed by atoms with Gasteiger partial charge in [0.15, 0.2) is 0 Å². The van der Waals surface area contributed by atoms with Crippen LogP contribution in [0.5, 0.6) is 0 Å². The Morgan fingerprint density at radius 2 is 1.90 bits per heavy atom. The van der Waals surface area contributed by atoms with Crippen LogP contribution in [0.15, 0.2) is 40.9 Å². The first kappa shape index (κ1) is 14.4. The number of hydrogen-bond acceptors (Lipinski definition) is 2. The second-order valence-electron chi connectivity index (χ2n) is 4.96. The summed E-state index contributed by atoms with van der Waals surface area (Å²) >= 11 is 9.88. The quantitative estimate of drug-likeness (QED) is 0.715. The van der Waals surface area contributed by atoms with Crippen molar-refractivity contribution in [1.29, 1.82) is 0 Å². The van der Waals surface area contributed by atoms with Gasteiger partial charge in [-0.15, -0.1) is 0 Å². The predicted octanol–water partition coefficient (Wildman–Crippen LogP) is 4.91. The van der Waals surface area contributed by atoms with E-state index in [9.17, 15) is 0 Å². The third-order valence-corrected chi connectivity index (χ3v) is 4.76. The van der Waals surface area contributed by atoms with E-state index in [2.05, 4.69) is 50.6 Å². The van der Waals surface area contributed by atoms with Crippen molar-refractivity contribution in [3.05, 3.63) is 57.3 Å². The largest absolute Gasteiger partial charge is 0.379 e. The third kappa shape index (κ3) is 2.65. The van der Waals surface area contributed by atoms with E-state index in [0.717, 1.165) is 26.6 Å². The number of rotatable bonds is 3. The smallest absolute Gasteiger partial charge is 0.0865 e.